The van der Waals surface area contributed by atoms with Crippen LogP contribution in [0.4, 0.5) is 0 Å². The van der Waals surface area contributed by atoms with Gasteiger partial charge in [0.15, 0.2) is 0 Å². The Bertz CT molecular complexity index is 501. The average molecular weight is 277 g/mol. The van der Waals surface area contributed by atoms with Crippen LogP contribution in [-0.4, -0.2) is 16.1 Å². The molecule has 0 bridgehead atoms. The Morgan fingerprint density at radius 3 is 2.95 bits per heavy atom. The molecule has 3 nitrogen and oxygen atoms in total. The SMILES string of the molecule is CCCNC(C)c1ccn(Cc2csc(CC)n2)c1. The van der Waals surface area contributed by atoms with Gasteiger partial charge in [0.05, 0.1) is 17.2 Å². The van der Waals surface area contributed by atoms with Gasteiger partial charge in [-0.2, -0.15) is 0 Å². The fourth-order valence-corrected chi connectivity index (χ4v) is 2.80. The molecule has 0 aliphatic rings. The second kappa shape index (κ2) is 6.87. The van der Waals surface area contributed by atoms with Crippen molar-refractivity contribution in [3.8, 4) is 0 Å². The molecule has 0 aromatic carbocycles. The number of hydrogen-bond donors (Lipinski definition) is 1. The highest BCUT2D eigenvalue weighted by atomic mass is 32.1. The van der Waals surface area contributed by atoms with E-state index in [0.717, 1.165) is 25.2 Å². The molecule has 0 aliphatic carbocycles. The Morgan fingerprint density at radius 2 is 2.26 bits per heavy atom. The van der Waals surface area contributed by atoms with E-state index in [-0.39, 0.29) is 0 Å². The third-order valence-electron chi connectivity index (χ3n) is 3.22. The van der Waals surface area contributed by atoms with E-state index < -0.39 is 0 Å². The van der Waals surface area contributed by atoms with Crippen molar-refractivity contribution in [3.63, 3.8) is 0 Å². The highest BCUT2D eigenvalue weighted by molar-refractivity contribution is 7.09. The lowest BCUT2D eigenvalue weighted by Crippen LogP contribution is -2.18. The third-order valence-corrected chi connectivity index (χ3v) is 4.26. The van der Waals surface area contributed by atoms with Crippen LogP contribution in [0.2, 0.25) is 0 Å². The van der Waals surface area contributed by atoms with Crippen LogP contribution < -0.4 is 5.32 Å². The monoisotopic (exact) mass is 277 g/mol. The summed E-state index contributed by atoms with van der Waals surface area (Å²) in [6.45, 7) is 8.50. The molecule has 19 heavy (non-hydrogen) atoms. The summed E-state index contributed by atoms with van der Waals surface area (Å²) in [5, 5.41) is 6.90. The number of nitrogens with one attached hydrogen (secondary N) is 1. The standard InChI is InChI=1S/C15H23N3S/c1-4-7-16-12(3)13-6-8-18(9-13)10-14-11-19-15(5-2)17-14/h6,8-9,11-12,16H,4-5,7,10H2,1-3H3. The maximum absolute atomic E-state index is 4.61. The third kappa shape index (κ3) is 3.91. The number of aryl methyl sites for hydroxylation is 1. The minimum absolute atomic E-state index is 0.419. The Morgan fingerprint density at radius 1 is 1.42 bits per heavy atom. The summed E-state index contributed by atoms with van der Waals surface area (Å²) in [6, 6.07) is 2.61. The van der Waals surface area contributed by atoms with Gasteiger partial charge in [0.1, 0.15) is 0 Å². The van der Waals surface area contributed by atoms with E-state index in [1.165, 1.54) is 17.0 Å². The first-order valence-corrected chi connectivity index (χ1v) is 7.93. The minimum Gasteiger partial charge on any atom is -0.348 e. The van der Waals surface area contributed by atoms with Crippen molar-refractivity contribution in [1.29, 1.82) is 0 Å². The zero-order valence-corrected chi connectivity index (χ0v) is 12.8. The molecule has 1 N–H and O–H groups in total. The van der Waals surface area contributed by atoms with Crippen LogP contribution in [0.5, 0.6) is 0 Å². The van der Waals surface area contributed by atoms with E-state index in [2.05, 4.69) is 59.5 Å². The predicted octanol–water partition coefficient (Wildman–Crippen LogP) is 3.62. The molecule has 0 radical (unpaired) electrons. The van der Waals surface area contributed by atoms with Crippen LogP contribution >= 0.6 is 11.3 Å². The Balaban J connectivity index is 1.96. The van der Waals surface area contributed by atoms with Gasteiger partial charge in [-0.15, -0.1) is 11.3 Å². The summed E-state index contributed by atoms with van der Waals surface area (Å²) in [5.41, 5.74) is 2.51. The average Bonchev–Trinajstić information content (AvgIpc) is 3.05. The lowest BCUT2D eigenvalue weighted by Gasteiger charge is -2.11. The van der Waals surface area contributed by atoms with Gasteiger partial charge in [0, 0.05) is 23.8 Å². The molecule has 1 unspecified atom stereocenters. The minimum atomic E-state index is 0.419. The van der Waals surface area contributed by atoms with Gasteiger partial charge >= 0.3 is 0 Å². The maximum Gasteiger partial charge on any atom is 0.0926 e. The van der Waals surface area contributed by atoms with E-state index in [1.54, 1.807) is 11.3 Å². The van der Waals surface area contributed by atoms with E-state index in [4.69, 9.17) is 0 Å². The van der Waals surface area contributed by atoms with Gasteiger partial charge in [-0.1, -0.05) is 13.8 Å². The summed E-state index contributed by atoms with van der Waals surface area (Å²) in [7, 11) is 0. The summed E-state index contributed by atoms with van der Waals surface area (Å²) in [4.78, 5) is 4.61. The fraction of sp³-hybridized carbons (Fsp3) is 0.533. The molecule has 0 spiro atoms. The van der Waals surface area contributed by atoms with Gasteiger partial charge in [-0.25, -0.2) is 4.98 Å². The molecule has 2 rings (SSSR count). The van der Waals surface area contributed by atoms with Crippen LogP contribution in [0.1, 0.15) is 49.5 Å². The van der Waals surface area contributed by atoms with Crippen LogP contribution in [-0.2, 0) is 13.0 Å². The molecular formula is C15H23N3S. The topological polar surface area (TPSA) is 29.9 Å². The maximum atomic E-state index is 4.61. The molecule has 0 amide bonds. The van der Waals surface area contributed by atoms with E-state index >= 15 is 0 Å². The van der Waals surface area contributed by atoms with E-state index in [0.29, 0.717) is 6.04 Å². The quantitative estimate of drug-likeness (QED) is 0.838. The van der Waals surface area contributed by atoms with Crippen molar-refractivity contribution in [2.75, 3.05) is 6.54 Å². The molecular weight excluding hydrogens is 254 g/mol. The van der Waals surface area contributed by atoms with Crippen molar-refractivity contribution < 1.29 is 0 Å². The number of thiazole rings is 1. The van der Waals surface area contributed by atoms with Gasteiger partial charge in [0.25, 0.3) is 0 Å². The first-order valence-electron chi connectivity index (χ1n) is 7.05. The van der Waals surface area contributed by atoms with Crippen molar-refractivity contribution in [2.24, 2.45) is 0 Å². The van der Waals surface area contributed by atoms with Gasteiger partial charge in [0.2, 0.25) is 0 Å². The normalized spacial score (nSPS) is 12.8. The highest BCUT2D eigenvalue weighted by Gasteiger charge is 2.07. The van der Waals surface area contributed by atoms with Crippen molar-refractivity contribution in [2.45, 2.75) is 46.2 Å². The summed E-state index contributed by atoms with van der Waals surface area (Å²) in [6.07, 6.45) is 6.56. The van der Waals surface area contributed by atoms with E-state index in [9.17, 15) is 0 Å². The van der Waals surface area contributed by atoms with Crippen molar-refractivity contribution in [3.05, 3.63) is 40.1 Å². The molecule has 0 fully saturated rings. The van der Waals surface area contributed by atoms with Crippen molar-refractivity contribution >= 4 is 11.3 Å². The smallest absolute Gasteiger partial charge is 0.0926 e. The zero-order chi connectivity index (χ0) is 13.7. The Labute approximate surface area is 119 Å². The first-order chi connectivity index (χ1) is 9.22. The van der Waals surface area contributed by atoms with Crippen LogP contribution in [0, 0.1) is 0 Å². The Kier molecular flexibility index (Phi) is 5.16. The van der Waals surface area contributed by atoms with Gasteiger partial charge in [-0.05, 0) is 37.9 Å². The predicted molar refractivity (Wildman–Crippen MR) is 81.7 cm³/mol. The highest BCUT2D eigenvalue weighted by Crippen LogP contribution is 2.15. The lowest BCUT2D eigenvalue weighted by atomic mass is 10.2. The van der Waals surface area contributed by atoms with E-state index in [1.807, 2.05) is 0 Å². The van der Waals surface area contributed by atoms with Gasteiger partial charge < -0.3 is 9.88 Å². The zero-order valence-electron chi connectivity index (χ0n) is 12.0. The largest absolute Gasteiger partial charge is 0.348 e. The van der Waals surface area contributed by atoms with Crippen LogP contribution in [0.15, 0.2) is 23.8 Å². The number of aromatic nitrogens is 2. The van der Waals surface area contributed by atoms with Crippen LogP contribution in [0.3, 0.4) is 0 Å². The number of rotatable bonds is 7. The Hall–Kier alpha value is -1.13. The molecule has 2 aromatic heterocycles. The second-order valence-corrected chi connectivity index (χ2v) is 5.82. The molecule has 1 atom stereocenters. The fourth-order valence-electron chi connectivity index (χ4n) is 2.06. The second-order valence-electron chi connectivity index (χ2n) is 4.88. The number of nitrogens with zero attached hydrogens (tertiary/aromatic N) is 2. The molecule has 4 heteroatoms. The number of hydrogen-bond acceptors (Lipinski definition) is 3. The molecule has 2 heterocycles. The summed E-state index contributed by atoms with van der Waals surface area (Å²) >= 11 is 1.76. The summed E-state index contributed by atoms with van der Waals surface area (Å²) < 4.78 is 2.22. The molecule has 0 saturated carbocycles. The molecule has 0 aliphatic heterocycles. The van der Waals surface area contributed by atoms with Crippen molar-refractivity contribution in [1.82, 2.24) is 14.9 Å². The molecule has 104 valence electrons. The summed E-state index contributed by atoms with van der Waals surface area (Å²) in [5.74, 6) is 0. The van der Waals surface area contributed by atoms with Crippen LogP contribution in [0.25, 0.3) is 0 Å². The molecule has 2 aromatic rings. The molecule has 0 saturated heterocycles. The lowest BCUT2D eigenvalue weighted by molar-refractivity contribution is 0.569. The first kappa shape index (κ1) is 14.3. The van der Waals surface area contributed by atoms with Gasteiger partial charge in [-0.3, -0.25) is 0 Å².